The topological polar surface area (TPSA) is 41.1 Å². The van der Waals surface area contributed by atoms with E-state index >= 15 is 0 Å². The Morgan fingerprint density at radius 1 is 1.27 bits per heavy atom. The molecule has 3 fully saturated rings. The highest BCUT2D eigenvalue weighted by molar-refractivity contribution is 7.99. The zero-order chi connectivity index (χ0) is 10.3. The highest BCUT2D eigenvalue weighted by atomic mass is 32.2. The summed E-state index contributed by atoms with van der Waals surface area (Å²) in [6.07, 6.45) is 5.31. The van der Waals surface area contributed by atoms with E-state index in [1.165, 1.54) is 25.7 Å². The molecule has 84 valence electrons. The zero-order valence-electron chi connectivity index (χ0n) is 8.87. The van der Waals surface area contributed by atoms with Crippen molar-refractivity contribution in [1.29, 1.82) is 0 Å². The molecule has 0 aromatic heterocycles. The first-order valence-electron chi connectivity index (χ1n) is 5.96. The maximum atomic E-state index is 11.9. The van der Waals surface area contributed by atoms with Crippen LogP contribution in [-0.2, 0) is 4.79 Å². The summed E-state index contributed by atoms with van der Waals surface area (Å²) < 4.78 is 0. The molecule has 2 saturated carbocycles. The lowest BCUT2D eigenvalue weighted by Gasteiger charge is -2.20. The first kappa shape index (κ1) is 9.97. The minimum Gasteiger partial charge on any atom is -0.351 e. The van der Waals surface area contributed by atoms with E-state index < -0.39 is 0 Å². The fraction of sp³-hybridized carbons (Fsp3) is 0.909. The van der Waals surface area contributed by atoms with Gasteiger partial charge in [0.2, 0.25) is 5.91 Å². The van der Waals surface area contributed by atoms with Crippen LogP contribution < -0.4 is 10.6 Å². The van der Waals surface area contributed by atoms with Crippen LogP contribution >= 0.6 is 11.8 Å². The molecule has 3 rings (SSSR count). The molecule has 2 N–H and O–H groups in total. The van der Waals surface area contributed by atoms with Crippen LogP contribution in [0.15, 0.2) is 0 Å². The smallest absolute Gasteiger partial charge is 0.238 e. The van der Waals surface area contributed by atoms with E-state index in [1.54, 1.807) is 0 Å². The molecule has 0 spiro atoms. The van der Waals surface area contributed by atoms with Gasteiger partial charge < -0.3 is 5.32 Å². The Morgan fingerprint density at radius 3 is 2.40 bits per heavy atom. The summed E-state index contributed by atoms with van der Waals surface area (Å²) in [4.78, 5) is 11.9. The fourth-order valence-corrected chi connectivity index (χ4v) is 3.30. The Kier molecular flexibility index (Phi) is 2.64. The normalized spacial score (nSPS) is 30.9. The van der Waals surface area contributed by atoms with E-state index in [2.05, 4.69) is 10.6 Å². The lowest BCUT2D eigenvalue weighted by Crippen LogP contribution is -2.47. The second-order valence-corrected chi connectivity index (χ2v) is 6.01. The maximum absolute atomic E-state index is 11.9. The third-order valence-electron chi connectivity index (χ3n) is 3.60. The van der Waals surface area contributed by atoms with Crippen molar-refractivity contribution in [3.63, 3.8) is 0 Å². The monoisotopic (exact) mass is 226 g/mol. The molecule has 4 heteroatoms. The highest BCUT2D eigenvalue weighted by Gasteiger charge is 2.42. The van der Waals surface area contributed by atoms with Crippen molar-refractivity contribution < 1.29 is 4.79 Å². The predicted molar refractivity (Wildman–Crippen MR) is 61.6 cm³/mol. The van der Waals surface area contributed by atoms with Crippen LogP contribution in [0.4, 0.5) is 0 Å². The Balaban J connectivity index is 1.55. The summed E-state index contributed by atoms with van der Waals surface area (Å²) in [6.45, 7) is 0. The summed E-state index contributed by atoms with van der Waals surface area (Å²) in [5.41, 5.74) is 0. The molecule has 1 aliphatic heterocycles. The van der Waals surface area contributed by atoms with Gasteiger partial charge in [-0.05, 0) is 37.5 Å². The first-order valence-corrected chi connectivity index (χ1v) is 7.11. The van der Waals surface area contributed by atoms with Crippen LogP contribution in [-0.4, -0.2) is 29.6 Å². The molecule has 0 aromatic rings. The largest absolute Gasteiger partial charge is 0.351 e. The Labute approximate surface area is 94.8 Å². The number of hydrogen-bond donors (Lipinski definition) is 2. The van der Waals surface area contributed by atoms with E-state index in [4.69, 9.17) is 0 Å². The van der Waals surface area contributed by atoms with Crippen LogP contribution in [0.5, 0.6) is 0 Å². The van der Waals surface area contributed by atoms with Crippen molar-refractivity contribution in [1.82, 2.24) is 10.6 Å². The molecule has 0 radical (unpaired) electrons. The third kappa shape index (κ3) is 2.31. The third-order valence-corrected chi connectivity index (χ3v) is 4.54. The molecule has 3 aliphatic rings. The summed E-state index contributed by atoms with van der Waals surface area (Å²) in [7, 11) is 0. The number of nitrogens with one attached hydrogen (secondary N) is 2. The average molecular weight is 226 g/mol. The number of carbonyl (C=O) groups is 1. The molecular formula is C11H18N2OS. The second-order valence-electron chi connectivity index (χ2n) is 4.98. The van der Waals surface area contributed by atoms with Crippen molar-refractivity contribution in [3.8, 4) is 0 Å². The number of carbonyl (C=O) groups excluding carboxylic acids is 1. The summed E-state index contributed by atoms with van der Waals surface area (Å²) >= 11 is 1.81. The van der Waals surface area contributed by atoms with E-state index in [0.717, 1.165) is 23.5 Å². The van der Waals surface area contributed by atoms with Gasteiger partial charge in [-0.25, -0.2) is 0 Å². The quantitative estimate of drug-likeness (QED) is 0.750. The minimum atomic E-state index is 0.0648. The lowest BCUT2D eigenvalue weighted by atomic mass is 10.1. The molecule has 1 atom stereocenters. The molecule has 3 nitrogen and oxygen atoms in total. The van der Waals surface area contributed by atoms with Gasteiger partial charge in [-0.15, -0.1) is 11.8 Å². The molecule has 1 saturated heterocycles. The van der Waals surface area contributed by atoms with E-state index in [1.807, 2.05) is 11.8 Å². The van der Waals surface area contributed by atoms with Crippen molar-refractivity contribution >= 4 is 17.7 Å². The number of thioether (sulfide) groups is 1. The van der Waals surface area contributed by atoms with Crippen LogP contribution in [0.1, 0.15) is 25.7 Å². The van der Waals surface area contributed by atoms with Gasteiger partial charge in [-0.2, -0.15) is 0 Å². The fourth-order valence-electron chi connectivity index (χ4n) is 2.36. The van der Waals surface area contributed by atoms with Crippen LogP contribution in [0.2, 0.25) is 0 Å². The Bertz CT molecular complexity index is 245. The van der Waals surface area contributed by atoms with Crippen molar-refractivity contribution in [2.45, 2.75) is 37.8 Å². The molecule has 2 aliphatic carbocycles. The van der Waals surface area contributed by atoms with Gasteiger partial charge in [0, 0.05) is 17.7 Å². The molecule has 0 bridgehead atoms. The van der Waals surface area contributed by atoms with Gasteiger partial charge in [0.25, 0.3) is 0 Å². The van der Waals surface area contributed by atoms with Crippen LogP contribution in [0.25, 0.3) is 0 Å². The Hall–Kier alpha value is -0.220. The van der Waals surface area contributed by atoms with Gasteiger partial charge in [-0.3, -0.25) is 10.1 Å². The molecule has 0 aromatic carbocycles. The van der Waals surface area contributed by atoms with Crippen molar-refractivity contribution in [3.05, 3.63) is 0 Å². The first-order chi connectivity index (χ1) is 7.34. The summed E-state index contributed by atoms with van der Waals surface area (Å²) in [5.74, 6) is 3.71. The molecular weight excluding hydrogens is 208 g/mol. The maximum Gasteiger partial charge on any atom is 0.238 e. The van der Waals surface area contributed by atoms with Crippen molar-refractivity contribution in [2.75, 3.05) is 11.6 Å². The van der Waals surface area contributed by atoms with Crippen LogP contribution in [0, 0.1) is 11.8 Å². The highest BCUT2D eigenvalue weighted by Crippen LogP contribution is 2.44. The average Bonchev–Trinajstić information content (AvgIpc) is 3.15. The lowest BCUT2D eigenvalue weighted by molar-refractivity contribution is -0.123. The summed E-state index contributed by atoms with van der Waals surface area (Å²) in [5, 5.41) is 6.50. The number of hydrogen-bond acceptors (Lipinski definition) is 3. The van der Waals surface area contributed by atoms with Gasteiger partial charge in [0.15, 0.2) is 0 Å². The minimum absolute atomic E-state index is 0.0648. The van der Waals surface area contributed by atoms with Gasteiger partial charge in [0.05, 0.1) is 6.04 Å². The van der Waals surface area contributed by atoms with E-state index in [9.17, 15) is 4.79 Å². The van der Waals surface area contributed by atoms with Crippen molar-refractivity contribution in [2.24, 2.45) is 11.8 Å². The zero-order valence-corrected chi connectivity index (χ0v) is 9.69. The number of rotatable bonds is 4. The summed E-state index contributed by atoms with van der Waals surface area (Å²) in [6, 6.07) is 0.569. The second kappa shape index (κ2) is 3.98. The number of amides is 1. The van der Waals surface area contributed by atoms with Gasteiger partial charge >= 0.3 is 0 Å². The SMILES string of the molecule is O=C(NC(C1CC1)C1CC1)C1CSCN1. The van der Waals surface area contributed by atoms with Gasteiger partial charge in [0.1, 0.15) is 0 Å². The Morgan fingerprint density at radius 2 is 1.93 bits per heavy atom. The molecule has 1 unspecified atom stereocenters. The van der Waals surface area contributed by atoms with E-state index in [0.29, 0.717) is 6.04 Å². The molecule has 15 heavy (non-hydrogen) atoms. The molecule has 1 heterocycles. The molecule has 1 amide bonds. The van der Waals surface area contributed by atoms with Gasteiger partial charge in [-0.1, -0.05) is 0 Å². The van der Waals surface area contributed by atoms with Crippen LogP contribution in [0.3, 0.4) is 0 Å². The van der Waals surface area contributed by atoms with E-state index in [-0.39, 0.29) is 11.9 Å². The predicted octanol–water partition coefficient (Wildman–Crippen LogP) is 0.954. The standard InChI is InChI=1S/C11H18N2OS/c14-11(9-5-15-6-12-9)13-10(7-1-2-7)8-3-4-8/h7-10,12H,1-6H2,(H,13,14).